The largest absolute Gasteiger partial charge is 0.370 e. The topological polar surface area (TPSA) is 74.3 Å². The molecule has 0 aliphatic carbocycles. The highest BCUT2D eigenvalue weighted by atomic mass is 16.2. The molecule has 1 aliphatic heterocycles. The van der Waals surface area contributed by atoms with Gasteiger partial charge < -0.3 is 15.5 Å². The van der Waals surface area contributed by atoms with Crippen LogP contribution < -0.4 is 15.5 Å². The number of pyridine rings is 1. The van der Waals surface area contributed by atoms with E-state index in [2.05, 4.69) is 20.5 Å². The van der Waals surface area contributed by atoms with Gasteiger partial charge in [0.05, 0.1) is 11.9 Å². The van der Waals surface area contributed by atoms with Gasteiger partial charge in [-0.05, 0) is 56.0 Å². The summed E-state index contributed by atoms with van der Waals surface area (Å²) in [5, 5.41) is 5.54. The van der Waals surface area contributed by atoms with E-state index in [0.717, 1.165) is 24.3 Å². The number of nitrogens with zero attached hydrogens (tertiary/aromatic N) is 2. The van der Waals surface area contributed by atoms with Crippen molar-refractivity contribution in [2.75, 3.05) is 28.6 Å². The molecular weight excluding hydrogens is 328 g/mol. The van der Waals surface area contributed by atoms with Gasteiger partial charge in [0.2, 0.25) is 5.91 Å². The van der Waals surface area contributed by atoms with Crippen molar-refractivity contribution in [2.45, 2.75) is 33.1 Å². The predicted octanol–water partition coefficient (Wildman–Crippen LogP) is 3.59. The van der Waals surface area contributed by atoms with Gasteiger partial charge >= 0.3 is 0 Å². The fourth-order valence-electron chi connectivity index (χ4n) is 3.08. The zero-order valence-electron chi connectivity index (χ0n) is 15.2. The number of rotatable bonds is 4. The van der Waals surface area contributed by atoms with Crippen LogP contribution in [-0.2, 0) is 4.79 Å². The number of benzene rings is 1. The number of hydrogen-bond donors (Lipinski definition) is 2. The van der Waals surface area contributed by atoms with E-state index in [4.69, 9.17) is 0 Å². The number of carbonyl (C=O) groups is 2. The van der Waals surface area contributed by atoms with E-state index in [1.807, 2.05) is 25.1 Å². The highest BCUT2D eigenvalue weighted by Gasteiger charge is 2.13. The molecule has 0 unspecified atom stereocenters. The monoisotopic (exact) mass is 352 g/mol. The summed E-state index contributed by atoms with van der Waals surface area (Å²) in [6.07, 6.45) is 5.51. The Labute approximate surface area is 153 Å². The molecule has 0 saturated carbocycles. The molecule has 136 valence electrons. The van der Waals surface area contributed by atoms with E-state index in [9.17, 15) is 9.59 Å². The molecule has 26 heavy (non-hydrogen) atoms. The van der Waals surface area contributed by atoms with E-state index < -0.39 is 0 Å². The lowest BCUT2D eigenvalue weighted by Crippen LogP contribution is -2.29. The summed E-state index contributed by atoms with van der Waals surface area (Å²) in [5.74, 6) is 0.0906. The molecule has 6 nitrogen and oxygen atoms in total. The number of aromatic nitrogens is 1. The second-order valence-corrected chi connectivity index (χ2v) is 6.61. The summed E-state index contributed by atoms with van der Waals surface area (Å²) in [6.45, 7) is 5.44. The second-order valence-electron chi connectivity index (χ2n) is 6.61. The zero-order chi connectivity index (χ0) is 18.5. The zero-order valence-corrected chi connectivity index (χ0v) is 15.2. The lowest BCUT2D eigenvalue weighted by Gasteiger charge is -2.28. The maximum absolute atomic E-state index is 12.5. The minimum atomic E-state index is -0.255. The molecule has 1 saturated heterocycles. The molecule has 1 fully saturated rings. The maximum Gasteiger partial charge on any atom is 0.256 e. The molecule has 2 aromatic rings. The normalized spacial score (nSPS) is 14.0. The van der Waals surface area contributed by atoms with Crippen molar-refractivity contribution < 1.29 is 9.59 Å². The number of amides is 2. The van der Waals surface area contributed by atoms with Gasteiger partial charge in [0.1, 0.15) is 5.82 Å². The van der Waals surface area contributed by atoms with Crippen LogP contribution in [0.4, 0.5) is 17.2 Å². The van der Waals surface area contributed by atoms with Gasteiger partial charge in [0, 0.05) is 31.3 Å². The van der Waals surface area contributed by atoms with E-state index in [1.54, 1.807) is 18.3 Å². The Morgan fingerprint density at radius 1 is 1.04 bits per heavy atom. The number of piperidine rings is 1. The van der Waals surface area contributed by atoms with Crippen molar-refractivity contribution in [3.8, 4) is 0 Å². The van der Waals surface area contributed by atoms with Gasteiger partial charge in [-0.2, -0.15) is 0 Å². The molecule has 0 bridgehead atoms. The number of carbonyl (C=O) groups excluding carboxylic acids is 2. The summed E-state index contributed by atoms with van der Waals surface area (Å²) in [4.78, 5) is 30.4. The Hall–Kier alpha value is -2.89. The first-order valence-corrected chi connectivity index (χ1v) is 8.93. The molecule has 6 heteroatoms. The van der Waals surface area contributed by atoms with Crippen molar-refractivity contribution >= 4 is 29.0 Å². The number of anilines is 3. The quantitative estimate of drug-likeness (QED) is 0.882. The third-order valence-corrected chi connectivity index (χ3v) is 4.52. The first-order valence-electron chi connectivity index (χ1n) is 8.93. The van der Waals surface area contributed by atoms with Crippen molar-refractivity contribution in [2.24, 2.45) is 0 Å². The van der Waals surface area contributed by atoms with Gasteiger partial charge in [-0.1, -0.05) is 6.07 Å². The van der Waals surface area contributed by atoms with E-state index >= 15 is 0 Å². The third-order valence-electron chi connectivity index (χ3n) is 4.52. The Bertz CT molecular complexity index is 796. The standard InChI is InChI=1S/C20H24N4O2/c1-14-6-7-16(12-18(14)22-15(2)25)20(26)23-19-9-8-17(13-21-19)24-10-4-3-5-11-24/h6-9,12-13H,3-5,10-11H2,1-2H3,(H,22,25)(H,21,23,26). The highest BCUT2D eigenvalue weighted by molar-refractivity contribution is 6.05. The molecule has 1 aromatic heterocycles. The van der Waals surface area contributed by atoms with Crippen LogP contribution in [-0.4, -0.2) is 29.9 Å². The molecular formula is C20H24N4O2. The molecule has 1 aromatic carbocycles. The minimum absolute atomic E-state index is 0.166. The number of aryl methyl sites for hydroxylation is 1. The predicted molar refractivity (Wildman–Crippen MR) is 104 cm³/mol. The van der Waals surface area contributed by atoms with Crippen LogP contribution in [0, 0.1) is 6.92 Å². The molecule has 1 aliphatic rings. The van der Waals surface area contributed by atoms with Crippen LogP contribution in [0.25, 0.3) is 0 Å². The molecule has 0 atom stereocenters. The van der Waals surface area contributed by atoms with Crippen LogP contribution >= 0.6 is 0 Å². The Balaban J connectivity index is 1.68. The van der Waals surface area contributed by atoms with Crippen LogP contribution in [0.2, 0.25) is 0 Å². The van der Waals surface area contributed by atoms with Crippen molar-refractivity contribution in [1.29, 1.82) is 0 Å². The van der Waals surface area contributed by atoms with Crippen LogP contribution in [0.3, 0.4) is 0 Å². The van der Waals surface area contributed by atoms with E-state index in [1.165, 1.54) is 26.2 Å². The van der Waals surface area contributed by atoms with Crippen LogP contribution in [0.1, 0.15) is 42.1 Å². The van der Waals surface area contributed by atoms with Crippen LogP contribution in [0.15, 0.2) is 36.5 Å². The first-order chi connectivity index (χ1) is 12.5. The van der Waals surface area contributed by atoms with Crippen molar-refractivity contribution in [3.05, 3.63) is 47.7 Å². The summed E-state index contributed by atoms with van der Waals surface area (Å²) < 4.78 is 0. The summed E-state index contributed by atoms with van der Waals surface area (Å²) in [5.41, 5.74) is 3.10. The fraction of sp³-hybridized carbons (Fsp3) is 0.350. The van der Waals surface area contributed by atoms with E-state index in [-0.39, 0.29) is 11.8 Å². The second kappa shape index (κ2) is 7.99. The summed E-state index contributed by atoms with van der Waals surface area (Å²) in [6, 6.07) is 9.04. The third kappa shape index (κ3) is 4.39. The van der Waals surface area contributed by atoms with Crippen molar-refractivity contribution in [1.82, 2.24) is 4.98 Å². The molecule has 2 heterocycles. The summed E-state index contributed by atoms with van der Waals surface area (Å²) >= 11 is 0. The Morgan fingerprint density at radius 2 is 1.81 bits per heavy atom. The molecule has 3 rings (SSSR count). The van der Waals surface area contributed by atoms with Gasteiger partial charge in [0.15, 0.2) is 0 Å². The van der Waals surface area contributed by atoms with Crippen LogP contribution in [0.5, 0.6) is 0 Å². The molecule has 0 radical (unpaired) electrons. The van der Waals surface area contributed by atoms with Gasteiger partial charge in [-0.3, -0.25) is 9.59 Å². The average Bonchev–Trinajstić information content (AvgIpc) is 2.64. The number of nitrogens with one attached hydrogen (secondary N) is 2. The molecule has 2 N–H and O–H groups in total. The molecule has 0 spiro atoms. The van der Waals surface area contributed by atoms with E-state index in [0.29, 0.717) is 17.1 Å². The summed E-state index contributed by atoms with van der Waals surface area (Å²) in [7, 11) is 0. The Morgan fingerprint density at radius 3 is 2.46 bits per heavy atom. The van der Waals surface area contributed by atoms with Crippen molar-refractivity contribution in [3.63, 3.8) is 0 Å². The number of hydrogen-bond acceptors (Lipinski definition) is 4. The van der Waals surface area contributed by atoms with Gasteiger partial charge in [-0.15, -0.1) is 0 Å². The highest BCUT2D eigenvalue weighted by Crippen LogP contribution is 2.21. The van der Waals surface area contributed by atoms with Gasteiger partial charge in [-0.25, -0.2) is 4.98 Å². The Kier molecular flexibility index (Phi) is 5.51. The fourth-order valence-corrected chi connectivity index (χ4v) is 3.08. The maximum atomic E-state index is 12.5. The smallest absolute Gasteiger partial charge is 0.256 e. The lowest BCUT2D eigenvalue weighted by molar-refractivity contribution is -0.114. The van der Waals surface area contributed by atoms with Gasteiger partial charge in [0.25, 0.3) is 5.91 Å². The first kappa shape index (κ1) is 17.9. The lowest BCUT2D eigenvalue weighted by atomic mass is 10.1. The minimum Gasteiger partial charge on any atom is -0.370 e. The molecule has 2 amide bonds. The SMILES string of the molecule is CC(=O)Nc1cc(C(=O)Nc2ccc(N3CCCCC3)cn2)ccc1C. The average molecular weight is 352 g/mol.